The molecule has 1 fully saturated rings. The Balaban J connectivity index is 2.01. The zero-order valence-corrected chi connectivity index (χ0v) is 9.71. The van der Waals surface area contributed by atoms with Crippen LogP contribution in [0.1, 0.15) is 33.1 Å². The highest BCUT2D eigenvalue weighted by molar-refractivity contribution is 5.78. The van der Waals surface area contributed by atoms with E-state index in [1.165, 1.54) is 0 Å². The van der Waals surface area contributed by atoms with Crippen molar-refractivity contribution in [2.45, 2.75) is 45.3 Å². The summed E-state index contributed by atoms with van der Waals surface area (Å²) in [6.07, 6.45) is 3.53. The van der Waals surface area contributed by atoms with Gasteiger partial charge in [-0.3, -0.25) is 4.79 Å². The number of nitrogens with one attached hydrogen (secondary N) is 2. The van der Waals surface area contributed by atoms with Crippen molar-refractivity contribution in [3.8, 4) is 0 Å². The minimum Gasteiger partial charge on any atom is -0.377 e. The molecule has 2 N–H and O–H groups in total. The quantitative estimate of drug-likeness (QED) is 0.683. The zero-order valence-electron chi connectivity index (χ0n) is 9.71. The Bertz CT molecular complexity index is 191. The highest BCUT2D eigenvalue weighted by atomic mass is 16.5. The molecule has 0 aromatic carbocycles. The van der Waals surface area contributed by atoms with Gasteiger partial charge in [0.2, 0.25) is 5.91 Å². The summed E-state index contributed by atoms with van der Waals surface area (Å²) in [6.45, 7) is 6.12. The summed E-state index contributed by atoms with van der Waals surface area (Å²) in [5.41, 5.74) is 0. The molecule has 1 heterocycles. The van der Waals surface area contributed by atoms with Gasteiger partial charge in [-0.1, -0.05) is 6.92 Å². The number of ether oxygens (including phenoxy) is 1. The summed E-state index contributed by atoms with van der Waals surface area (Å²) in [4.78, 5) is 11.4. The number of hydrogen-bond donors (Lipinski definition) is 2. The van der Waals surface area contributed by atoms with Gasteiger partial charge >= 0.3 is 0 Å². The summed E-state index contributed by atoms with van der Waals surface area (Å²) in [5.74, 6) is 0.0716. The van der Waals surface area contributed by atoms with Crippen LogP contribution in [-0.4, -0.2) is 37.7 Å². The van der Waals surface area contributed by atoms with Gasteiger partial charge in [0, 0.05) is 19.2 Å². The Morgan fingerprint density at radius 1 is 1.60 bits per heavy atom. The highest BCUT2D eigenvalue weighted by Gasteiger charge is 2.15. The molecule has 0 bridgehead atoms. The van der Waals surface area contributed by atoms with Crippen molar-refractivity contribution in [3.63, 3.8) is 0 Å². The standard InChI is InChI=1S/C11H22N2O2/c1-3-9(2)13-11(14)8-12-7-10-5-4-6-15-10/h9-10,12H,3-8H2,1-2H3,(H,13,14)/t9-,10+/m1/s1. The average molecular weight is 214 g/mol. The summed E-state index contributed by atoms with van der Waals surface area (Å²) >= 11 is 0. The van der Waals surface area contributed by atoms with Gasteiger partial charge in [0.1, 0.15) is 0 Å². The number of amides is 1. The third-order valence-corrected chi connectivity index (χ3v) is 2.70. The fourth-order valence-corrected chi connectivity index (χ4v) is 1.58. The molecule has 0 radical (unpaired) electrons. The molecule has 0 unspecified atom stereocenters. The maximum absolute atomic E-state index is 11.4. The fourth-order valence-electron chi connectivity index (χ4n) is 1.58. The molecule has 15 heavy (non-hydrogen) atoms. The van der Waals surface area contributed by atoms with E-state index in [2.05, 4.69) is 17.6 Å². The van der Waals surface area contributed by atoms with Crippen LogP contribution in [0.15, 0.2) is 0 Å². The first-order valence-corrected chi connectivity index (χ1v) is 5.84. The molecular weight excluding hydrogens is 192 g/mol. The van der Waals surface area contributed by atoms with E-state index >= 15 is 0 Å². The minimum atomic E-state index is 0.0716. The Labute approximate surface area is 91.8 Å². The van der Waals surface area contributed by atoms with Gasteiger partial charge < -0.3 is 15.4 Å². The van der Waals surface area contributed by atoms with Crippen LogP contribution in [0.5, 0.6) is 0 Å². The summed E-state index contributed by atoms with van der Waals surface area (Å²) in [5, 5.41) is 6.03. The van der Waals surface area contributed by atoms with Gasteiger partial charge in [0.15, 0.2) is 0 Å². The molecule has 4 nitrogen and oxygen atoms in total. The monoisotopic (exact) mass is 214 g/mol. The van der Waals surface area contributed by atoms with E-state index < -0.39 is 0 Å². The van der Waals surface area contributed by atoms with Gasteiger partial charge in [-0.15, -0.1) is 0 Å². The minimum absolute atomic E-state index is 0.0716. The van der Waals surface area contributed by atoms with Crippen molar-refractivity contribution < 1.29 is 9.53 Å². The van der Waals surface area contributed by atoms with Gasteiger partial charge in [-0.05, 0) is 26.2 Å². The third-order valence-electron chi connectivity index (χ3n) is 2.70. The molecule has 2 atom stereocenters. The molecule has 1 amide bonds. The maximum Gasteiger partial charge on any atom is 0.234 e. The lowest BCUT2D eigenvalue weighted by molar-refractivity contribution is -0.120. The molecule has 1 saturated heterocycles. The van der Waals surface area contributed by atoms with Crippen molar-refractivity contribution in [2.75, 3.05) is 19.7 Å². The van der Waals surface area contributed by atoms with E-state index in [1.807, 2.05) is 6.92 Å². The lowest BCUT2D eigenvalue weighted by Crippen LogP contribution is -2.40. The lowest BCUT2D eigenvalue weighted by Gasteiger charge is -2.13. The van der Waals surface area contributed by atoms with Gasteiger partial charge in [0.05, 0.1) is 12.6 Å². The lowest BCUT2D eigenvalue weighted by atomic mass is 10.2. The predicted molar refractivity (Wildman–Crippen MR) is 59.7 cm³/mol. The first-order chi connectivity index (χ1) is 7.22. The van der Waals surface area contributed by atoms with Crippen molar-refractivity contribution in [1.82, 2.24) is 10.6 Å². The summed E-state index contributed by atoms with van der Waals surface area (Å²) in [6, 6.07) is 0.266. The van der Waals surface area contributed by atoms with E-state index in [-0.39, 0.29) is 11.9 Å². The first-order valence-electron chi connectivity index (χ1n) is 5.84. The second kappa shape index (κ2) is 6.80. The largest absolute Gasteiger partial charge is 0.377 e. The number of carbonyl (C=O) groups excluding carboxylic acids is 1. The normalized spacial score (nSPS) is 22.7. The molecule has 0 aromatic heterocycles. The first kappa shape index (κ1) is 12.5. The topological polar surface area (TPSA) is 50.4 Å². The van der Waals surface area contributed by atoms with E-state index in [9.17, 15) is 4.79 Å². The van der Waals surface area contributed by atoms with Crippen LogP contribution in [0, 0.1) is 0 Å². The van der Waals surface area contributed by atoms with Gasteiger partial charge in [-0.25, -0.2) is 0 Å². The smallest absolute Gasteiger partial charge is 0.234 e. The van der Waals surface area contributed by atoms with Crippen LogP contribution in [0.3, 0.4) is 0 Å². The molecule has 88 valence electrons. The number of hydrogen-bond acceptors (Lipinski definition) is 3. The number of carbonyl (C=O) groups is 1. The van der Waals surface area contributed by atoms with Crippen LogP contribution in [0.25, 0.3) is 0 Å². The molecule has 0 saturated carbocycles. The Kier molecular flexibility index (Phi) is 5.65. The van der Waals surface area contributed by atoms with E-state index in [1.54, 1.807) is 0 Å². The van der Waals surface area contributed by atoms with Crippen molar-refractivity contribution in [2.24, 2.45) is 0 Å². The molecule has 0 aromatic rings. The second-order valence-electron chi connectivity index (χ2n) is 4.14. The molecule has 0 aliphatic carbocycles. The van der Waals surface area contributed by atoms with Crippen LogP contribution in [0.4, 0.5) is 0 Å². The second-order valence-corrected chi connectivity index (χ2v) is 4.14. The van der Waals surface area contributed by atoms with Gasteiger partial charge in [0.25, 0.3) is 0 Å². The SMILES string of the molecule is CC[C@@H](C)NC(=O)CNC[C@@H]1CCCO1. The van der Waals surface area contributed by atoms with Crippen molar-refractivity contribution >= 4 is 5.91 Å². The van der Waals surface area contributed by atoms with E-state index in [0.29, 0.717) is 12.6 Å². The zero-order chi connectivity index (χ0) is 11.1. The van der Waals surface area contributed by atoms with Crippen molar-refractivity contribution in [3.05, 3.63) is 0 Å². The maximum atomic E-state index is 11.4. The summed E-state index contributed by atoms with van der Waals surface area (Å²) in [7, 11) is 0. The van der Waals surface area contributed by atoms with E-state index in [0.717, 1.165) is 32.4 Å². The van der Waals surface area contributed by atoms with Crippen LogP contribution >= 0.6 is 0 Å². The molecular formula is C11H22N2O2. The van der Waals surface area contributed by atoms with Crippen LogP contribution in [-0.2, 0) is 9.53 Å². The molecule has 1 aliphatic heterocycles. The third kappa shape index (κ3) is 5.14. The molecule has 1 rings (SSSR count). The van der Waals surface area contributed by atoms with Crippen LogP contribution < -0.4 is 10.6 Å². The Hall–Kier alpha value is -0.610. The molecule has 1 aliphatic rings. The molecule has 4 heteroatoms. The summed E-state index contributed by atoms with van der Waals surface area (Å²) < 4.78 is 5.44. The Morgan fingerprint density at radius 3 is 3.00 bits per heavy atom. The molecule has 0 spiro atoms. The number of rotatable bonds is 6. The highest BCUT2D eigenvalue weighted by Crippen LogP contribution is 2.10. The van der Waals surface area contributed by atoms with E-state index in [4.69, 9.17) is 4.74 Å². The average Bonchev–Trinajstić information content (AvgIpc) is 2.70. The van der Waals surface area contributed by atoms with Gasteiger partial charge in [-0.2, -0.15) is 0 Å². The predicted octanol–water partition coefficient (Wildman–Crippen LogP) is 0.670. The fraction of sp³-hybridized carbons (Fsp3) is 0.909. The van der Waals surface area contributed by atoms with Crippen molar-refractivity contribution in [1.29, 1.82) is 0 Å². The van der Waals surface area contributed by atoms with Crippen LogP contribution in [0.2, 0.25) is 0 Å². The Morgan fingerprint density at radius 2 is 2.40 bits per heavy atom.